The summed E-state index contributed by atoms with van der Waals surface area (Å²) in [7, 11) is 0. The maximum Gasteiger partial charge on any atom is 0.260 e. The Morgan fingerprint density at radius 2 is 1.95 bits per heavy atom. The number of alkyl halides is 2. The minimum Gasteiger partial charge on any atom is -0.437 e. The summed E-state index contributed by atoms with van der Waals surface area (Å²) in [6.45, 7) is 3.80. The van der Waals surface area contributed by atoms with Gasteiger partial charge in [0.15, 0.2) is 0 Å². The zero-order valence-corrected chi connectivity index (χ0v) is 21.4. The van der Waals surface area contributed by atoms with Gasteiger partial charge in [0.2, 0.25) is 17.7 Å². The van der Waals surface area contributed by atoms with E-state index in [9.17, 15) is 13.6 Å². The number of rotatable bonds is 7. The van der Waals surface area contributed by atoms with E-state index in [4.69, 9.17) is 9.72 Å². The Kier molecular flexibility index (Phi) is 6.56. The van der Waals surface area contributed by atoms with Crippen LogP contribution < -0.4 is 20.7 Å². The number of aromatic nitrogens is 3. The van der Waals surface area contributed by atoms with Crippen LogP contribution in [-0.4, -0.2) is 45.9 Å². The van der Waals surface area contributed by atoms with Crippen molar-refractivity contribution in [1.82, 2.24) is 20.3 Å². The van der Waals surface area contributed by atoms with Crippen LogP contribution in [0.3, 0.4) is 0 Å². The number of amides is 1. The van der Waals surface area contributed by atoms with E-state index in [1.54, 1.807) is 24.5 Å². The number of pyridine rings is 1. The summed E-state index contributed by atoms with van der Waals surface area (Å²) < 4.78 is 33.3. The number of hydrogen-bond donors (Lipinski definition) is 3. The van der Waals surface area contributed by atoms with Gasteiger partial charge in [-0.2, -0.15) is 0 Å². The Balaban J connectivity index is 1.30. The molecule has 6 rings (SSSR count). The number of nitrogens with one attached hydrogen (secondary N) is 3. The third-order valence-corrected chi connectivity index (χ3v) is 7.14. The van der Waals surface area contributed by atoms with Crippen molar-refractivity contribution >= 4 is 28.3 Å². The Morgan fingerprint density at radius 3 is 2.74 bits per heavy atom. The number of fused-ring (bicyclic) bond motifs is 1. The summed E-state index contributed by atoms with van der Waals surface area (Å²) in [5.74, 6) is -3.44. The number of halogens is 2. The van der Waals surface area contributed by atoms with Gasteiger partial charge in [-0.25, -0.2) is 23.7 Å². The highest BCUT2D eigenvalue weighted by molar-refractivity contribution is 6.06. The number of benzene rings is 2. The van der Waals surface area contributed by atoms with E-state index in [1.165, 1.54) is 0 Å². The minimum atomic E-state index is -2.93. The van der Waals surface area contributed by atoms with Crippen molar-refractivity contribution in [3.63, 3.8) is 0 Å². The molecule has 10 heteroatoms. The van der Waals surface area contributed by atoms with Crippen molar-refractivity contribution < 1.29 is 18.3 Å². The van der Waals surface area contributed by atoms with Crippen LogP contribution in [0.25, 0.3) is 22.0 Å². The number of hydrogen-bond acceptors (Lipinski definition) is 7. The number of aryl methyl sites for hydroxylation is 1. The summed E-state index contributed by atoms with van der Waals surface area (Å²) in [5.41, 5.74) is 2.67. The summed E-state index contributed by atoms with van der Waals surface area (Å²) in [6, 6.07) is 14.8. The van der Waals surface area contributed by atoms with Crippen molar-refractivity contribution in [2.24, 2.45) is 5.92 Å². The lowest BCUT2D eigenvalue weighted by atomic mass is 10.0. The van der Waals surface area contributed by atoms with Gasteiger partial charge >= 0.3 is 0 Å². The number of anilines is 2. The smallest absolute Gasteiger partial charge is 0.260 e. The van der Waals surface area contributed by atoms with Gasteiger partial charge in [0.25, 0.3) is 5.92 Å². The molecule has 1 aliphatic heterocycles. The predicted octanol–water partition coefficient (Wildman–Crippen LogP) is 5.55. The molecule has 8 nitrogen and oxygen atoms in total. The number of carbonyl (C=O) groups is 1. The van der Waals surface area contributed by atoms with Crippen LogP contribution in [0, 0.1) is 12.8 Å². The molecule has 3 N–H and O–H groups in total. The van der Waals surface area contributed by atoms with Gasteiger partial charge in [-0.3, -0.25) is 4.79 Å². The third kappa shape index (κ3) is 5.24. The lowest BCUT2D eigenvalue weighted by Crippen LogP contribution is -2.38. The molecule has 0 spiro atoms. The second-order valence-corrected chi connectivity index (χ2v) is 10.0. The lowest BCUT2D eigenvalue weighted by Gasteiger charge is -2.23. The molecule has 0 bridgehead atoms. The molecule has 0 radical (unpaired) electrons. The fourth-order valence-corrected chi connectivity index (χ4v) is 4.90. The Labute approximate surface area is 224 Å². The molecular formula is C29H28F2N6O2. The van der Waals surface area contributed by atoms with Crippen molar-refractivity contribution in [3.8, 4) is 22.9 Å². The zero-order chi connectivity index (χ0) is 27.0. The lowest BCUT2D eigenvalue weighted by molar-refractivity contribution is -0.119. The van der Waals surface area contributed by atoms with Crippen molar-refractivity contribution in [2.45, 2.75) is 38.2 Å². The molecule has 39 heavy (non-hydrogen) atoms. The van der Waals surface area contributed by atoms with Gasteiger partial charge in [0.05, 0.1) is 11.3 Å². The van der Waals surface area contributed by atoms with E-state index in [0.29, 0.717) is 39.9 Å². The summed E-state index contributed by atoms with van der Waals surface area (Å²) >= 11 is 0. The predicted molar refractivity (Wildman–Crippen MR) is 145 cm³/mol. The Bertz CT molecular complexity index is 1540. The fourth-order valence-electron chi connectivity index (χ4n) is 4.90. The molecular weight excluding hydrogens is 502 g/mol. The van der Waals surface area contributed by atoms with Crippen LogP contribution in [-0.2, 0) is 4.79 Å². The van der Waals surface area contributed by atoms with Crippen LogP contribution >= 0.6 is 0 Å². The van der Waals surface area contributed by atoms with E-state index in [1.807, 2.05) is 43.3 Å². The molecule has 2 atom stereocenters. The summed E-state index contributed by atoms with van der Waals surface area (Å²) in [4.78, 5) is 26.0. The second-order valence-electron chi connectivity index (χ2n) is 10.0. The van der Waals surface area contributed by atoms with Gasteiger partial charge in [0.1, 0.15) is 11.7 Å². The maximum atomic E-state index is 13.4. The molecule has 1 aliphatic carbocycles. The molecule has 3 heterocycles. The van der Waals surface area contributed by atoms with Crippen molar-refractivity contribution in [2.75, 3.05) is 23.7 Å². The zero-order valence-electron chi connectivity index (χ0n) is 21.4. The first-order valence-electron chi connectivity index (χ1n) is 13.0. The summed E-state index contributed by atoms with van der Waals surface area (Å²) in [6.07, 6.45) is 5.08. The molecule has 0 unspecified atom stereocenters. The van der Waals surface area contributed by atoms with Gasteiger partial charge in [0, 0.05) is 47.9 Å². The second kappa shape index (κ2) is 10.2. The molecule has 1 saturated heterocycles. The first-order valence-corrected chi connectivity index (χ1v) is 13.0. The molecule has 200 valence electrons. The quantitative estimate of drug-likeness (QED) is 0.288. The normalized spacial score (nSPS) is 19.9. The molecule has 1 saturated carbocycles. The standard InChI is InChI=1S/C29H28F2N6O2/c1-17-9-10-19-20(6-2-8-23(19)36-26(38)22-15-29(22,30)31)25(17)39-27-21(7-4-13-33-27)24-11-14-34-28(37-24)35-18-5-3-12-32-16-18/h2,4,6-11,13-14,18,22,32H,3,5,12,15-16H2,1H3,(H,36,38)(H,34,35,37)/t18-,22+/m0/s1. The highest BCUT2D eigenvalue weighted by atomic mass is 19.3. The van der Waals surface area contributed by atoms with Crippen LogP contribution in [0.5, 0.6) is 11.6 Å². The number of ether oxygens (including phenoxy) is 1. The first-order chi connectivity index (χ1) is 18.9. The topological polar surface area (TPSA) is 101 Å². The van der Waals surface area contributed by atoms with E-state index in [0.717, 1.165) is 36.9 Å². The molecule has 2 aromatic heterocycles. The van der Waals surface area contributed by atoms with E-state index in [-0.39, 0.29) is 6.04 Å². The van der Waals surface area contributed by atoms with Gasteiger partial charge in [-0.1, -0.05) is 24.3 Å². The molecule has 2 fully saturated rings. The molecule has 1 amide bonds. The first kappa shape index (κ1) is 25.1. The highest BCUT2D eigenvalue weighted by Crippen LogP contribution is 2.49. The number of nitrogens with zero attached hydrogens (tertiary/aromatic N) is 3. The van der Waals surface area contributed by atoms with Crippen molar-refractivity contribution in [3.05, 3.63) is 66.5 Å². The van der Waals surface area contributed by atoms with Crippen LogP contribution in [0.15, 0.2) is 60.9 Å². The average Bonchev–Trinajstić information content (AvgIpc) is 3.59. The Hall–Kier alpha value is -4.18. The van der Waals surface area contributed by atoms with Crippen LogP contribution in [0.1, 0.15) is 24.8 Å². The van der Waals surface area contributed by atoms with E-state index < -0.39 is 24.2 Å². The maximum absolute atomic E-state index is 13.4. The monoisotopic (exact) mass is 530 g/mol. The average molecular weight is 531 g/mol. The van der Waals surface area contributed by atoms with Gasteiger partial charge in [-0.05, 0) is 56.1 Å². The molecule has 4 aromatic rings. The number of carbonyl (C=O) groups excluding carboxylic acids is 1. The molecule has 2 aliphatic rings. The van der Waals surface area contributed by atoms with Crippen LogP contribution in [0.4, 0.5) is 20.4 Å². The third-order valence-electron chi connectivity index (χ3n) is 7.14. The SMILES string of the molecule is Cc1ccc2c(NC(=O)[C@H]3CC3(F)F)cccc2c1Oc1ncccc1-c1ccnc(N[C@H]2CCCNC2)n1. The van der Waals surface area contributed by atoms with Gasteiger partial charge in [-0.15, -0.1) is 0 Å². The highest BCUT2D eigenvalue weighted by Gasteiger charge is 2.61. The molecule has 2 aromatic carbocycles. The van der Waals surface area contributed by atoms with E-state index in [2.05, 4.69) is 25.9 Å². The summed E-state index contributed by atoms with van der Waals surface area (Å²) in [5, 5.41) is 10.9. The van der Waals surface area contributed by atoms with Crippen molar-refractivity contribution in [1.29, 1.82) is 0 Å². The largest absolute Gasteiger partial charge is 0.437 e. The van der Waals surface area contributed by atoms with E-state index >= 15 is 0 Å². The number of piperidine rings is 1. The van der Waals surface area contributed by atoms with Gasteiger partial charge < -0.3 is 20.7 Å². The Morgan fingerprint density at radius 1 is 1.08 bits per heavy atom. The fraction of sp³-hybridized carbons (Fsp3) is 0.310. The van der Waals surface area contributed by atoms with Crippen LogP contribution in [0.2, 0.25) is 0 Å². The minimum absolute atomic E-state index is 0.262.